The number of benzene rings is 1. The van der Waals surface area contributed by atoms with Gasteiger partial charge in [-0.05, 0) is 45.5 Å². The second kappa shape index (κ2) is 7.67. The monoisotopic (exact) mass is 287 g/mol. The maximum absolute atomic E-state index is 13.2. The van der Waals surface area contributed by atoms with E-state index in [-0.39, 0.29) is 18.8 Å². The highest BCUT2D eigenvalue weighted by Gasteiger charge is 2.17. The molecule has 0 spiro atoms. The fourth-order valence-electron chi connectivity index (χ4n) is 1.87. The molecule has 0 aromatic heterocycles. The standard InChI is InChI=1S/C15H23F2NO2/c1-10(2)20-9-13(19)8-18(4)11(3)12-5-6-14(16)15(17)7-12/h5-7,10-11,13,19H,8-9H2,1-4H3. The van der Waals surface area contributed by atoms with E-state index in [0.717, 1.165) is 6.07 Å². The normalized spacial score (nSPS) is 14.8. The summed E-state index contributed by atoms with van der Waals surface area (Å²) in [6.45, 7) is 6.34. The van der Waals surface area contributed by atoms with Crippen molar-refractivity contribution in [2.75, 3.05) is 20.2 Å². The SMILES string of the molecule is CC(C)OCC(O)CN(C)C(C)c1ccc(F)c(F)c1. The summed E-state index contributed by atoms with van der Waals surface area (Å²) in [4.78, 5) is 1.88. The third-order valence-electron chi connectivity index (χ3n) is 3.21. The van der Waals surface area contributed by atoms with Crippen molar-refractivity contribution >= 4 is 0 Å². The minimum atomic E-state index is -0.855. The predicted molar refractivity (Wildman–Crippen MR) is 74.5 cm³/mol. The zero-order chi connectivity index (χ0) is 15.3. The van der Waals surface area contributed by atoms with Gasteiger partial charge in [0.15, 0.2) is 11.6 Å². The number of nitrogens with zero attached hydrogens (tertiary/aromatic N) is 1. The largest absolute Gasteiger partial charge is 0.389 e. The van der Waals surface area contributed by atoms with Gasteiger partial charge in [0.25, 0.3) is 0 Å². The Bertz CT molecular complexity index is 426. The first-order chi connectivity index (χ1) is 9.31. The van der Waals surface area contributed by atoms with Gasteiger partial charge in [-0.3, -0.25) is 4.90 Å². The van der Waals surface area contributed by atoms with E-state index in [9.17, 15) is 13.9 Å². The van der Waals surface area contributed by atoms with Gasteiger partial charge in [0.05, 0.1) is 18.8 Å². The molecule has 2 unspecified atom stereocenters. The summed E-state index contributed by atoms with van der Waals surface area (Å²) in [7, 11) is 1.82. The molecule has 0 radical (unpaired) electrons. The van der Waals surface area contributed by atoms with Crippen molar-refractivity contribution < 1.29 is 18.6 Å². The number of halogens is 2. The zero-order valence-corrected chi connectivity index (χ0v) is 12.4. The Labute approximate surface area is 119 Å². The van der Waals surface area contributed by atoms with E-state index in [1.165, 1.54) is 6.07 Å². The van der Waals surface area contributed by atoms with Crippen LogP contribution in [0.2, 0.25) is 0 Å². The Balaban J connectivity index is 2.57. The minimum Gasteiger partial charge on any atom is -0.389 e. The van der Waals surface area contributed by atoms with Crippen LogP contribution in [0.3, 0.4) is 0 Å². The van der Waals surface area contributed by atoms with Gasteiger partial charge in [0.2, 0.25) is 0 Å². The van der Waals surface area contributed by atoms with Crippen molar-refractivity contribution in [3.8, 4) is 0 Å². The fraction of sp³-hybridized carbons (Fsp3) is 0.600. The van der Waals surface area contributed by atoms with Crippen molar-refractivity contribution in [1.29, 1.82) is 0 Å². The van der Waals surface area contributed by atoms with Crippen LogP contribution >= 0.6 is 0 Å². The van der Waals surface area contributed by atoms with Crippen molar-refractivity contribution in [2.45, 2.75) is 39.0 Å². The van der Waals surface area contributed by atoms with E-state index in [2.05, 4.69) is 0 Å². The zero-order valence-electron chi connectivity index (χ0n) is 12.4. The Hall–Kier alpha value is -1.04. The fourth-order valence-corrected chi connectivity index (χ4v) is 1.87. The smallest absolute Gasteiger partial charge is 0.159 e. The summed E-state index contributed by atoms with van der Waals surface area (Å²) in [6.07, 6.45) is -0.547. The van der Waals surface area contributed by atoms with Gasteiger partial charge in [-0.15, -0.1) is 0 Å². The quantitative estimate of drug-likeness (QED) is 0.837. The first kappa shape index (κ1) is 17.0. The first-order valence-electron chi connectivity index (χ1n) is 6.76. The Morgan fingerprint density at radius 2 is 1.85 bits per heavy atom. The van der Waals surface area contributed by atoms with E-state index in [4.69, 9.17) is 4.74 Å². The lowest BCUT2D eigenvalue weighted by atomic mass is 10.1. The number of aliphatic hydroxyl groups excluding tert-OH is 1. The predicted octanol–water partition coefficient (Wildman–Crippen LogP) is 2.74. The lowest BCUT2D eigenvalue weighted by Crippen LogP contribution is -2.34. The molecule has 0 saturated heterocycles. The molecule has 1 aromatic carbocycles. The maximum Gasteiger partial charge on any atom is 0.159 e. The molecule has 0 bridgehead atoms. The van der Waals surface area contributed by atoms with Crippen LogP contribution in [0.15, 0.2) is 18.2 Å². The Morgan fingerprint density at radius 1 is 1.20 bits per heavy atom. The molecule has 1 aromatic rings. The molecule has 1 rings (SSSR count). The van der Waals surface area contributed by atoms with Gasteiger partial charge in [-0.1, -0.05) is 6.07 Å². The van der Waals surface area contributed by atoms with Gasteiger partial charge in [-0.2, -0.15) is 0 Å². The lowest BCUT2D eigenvalue weighted by molar-refractivity contribution is -0.00950. The van der Waals surface area contributed by atoms with Crippen molar-refractivity contribution in [3.63, 3.8) is 0 Å². The van der Waals surface area contributed by atoms with Crippen LogP contribution in [-0.2, 0) is 4.74 Å². The number of likely N-dealkylation sites (N-methyl/N-ethyl adjacent to an activating group) is 1. The van der Waals surface area contributed by atoms with Gasteiger partial charge >= 0.3 is 0 Å². The molecule has 0 saturated carbocycles. The van der Waals surface area contributed by atoms with Crippen LogP contribution in [-0.4, -0.2) is 42.4 Å². The van der Waals surface area contributed by atoms with E-state index in [0.29, 0.717) is 12.1 Å². The molecule has 0 heterocycles. The number of aliphatic hydroxyl groups is 1. The van der Waals surface area contributed by atoms with E-state index in [1.54, 1.807) is 6.07 Å². The molecule has 3 nitrogen and oxygen atoms in total. The number of hydrogen-bond acceptors (Lipinski definition) is 3. The van der Waals surface area contributed by atoms with Crippen molar-refractivity contribution in [1.82, 2.24) is 4.90 Å². The molecule has 5 heteroatoms. The van der Waals surface area contributed by atoms with E-state index in [1.807, 2.05) is 32.7 Å². The van der Waals surface area contributed by atoms with E-state index >= 15 is 0 Å². The average Bonchev–Trinajstić information content (AvgIpc) is 2.38. The van der Waals surface area contributed by atoms with Crippen molar-refractivity contribution in [3.05, 3.63) is 35.4 Å². The Kier molecular flexibility index (Phi) is 6.52. The summed E-state index contributed by atoms with van der Waals surface area (Å²) in [5, 5.41) is 9.86. The van der Waals surface area contributed by atoms with Crippen LogP contribution in [0.1, 0.15) is 32.4 Å². The third-order valence-corrected chi connectivity index (χ3v) is 3.21. The van der Waals surface area contributed by atoms with Gasteiger partial charge in [0, 0.05) is 12.6 Å². The highest BCUT2D eigenvalue weighted by molar-refractivity contribution is 5.20. The molecule has 114 valence electrons. The second-order valence-electron chi connectivity index (χ2n) is 5.33. The van der Waals surface area contributed by atoms with Crippen LogP contribution in [0.5, 0.6) is 0 Å². The number of hydrogen-bond donors (Lipinski definition) is 1. The summed E-state index contributed by atoms with van der Waals surface area (Å²) in [5.41, 5.74) is 0.670. The number of ether oxygens (including phenoxy) is 1. The van der Waals surface area contributed by atoms with Crippen LogP contribution in [0, 0.1) is 11.6 Å². The molecule has 0 aliphatic rings. The number of rotatable bonds is 7. The average molecular weight is 287 g/mol. The second-order valence-corrected chi connectivity index (χ2v) is 5.33. The van der Waals surface area contributed by atoms with Gasteiger partial charge in [-0.25, -0.2) is 8.78 Å². The van der Waals surface area contributed by atoms with Crippen LogP contribution in [0.4, 0.5) is 8.78 Å². The summed E-state index contributed by atoms with van der Waals surface area (Å²) in [5.74, 6) is -1.71. The highest BCUT2D eigenvalue weighted by atomic mass is 19.2. The van der Waals surface area contributed by atoms with Gasteiger partial charge < -0.3 is 9.84 Å². The Morgan fingerprint density at radius 3 is 2.40 bits per heavy atom. The molecule has 0 fully saturated rings. The molecular formula is C15H23F2NO2. The highest BCUT2D eigenvalue weighted by Crippen LogP contribution is 2.21. The van der Waals surface area contributed by atoms with Crippen LogP contribution < -0.4 is 0 Å². The maximum atomic E-state index is 13.2. The van der Waals surface area contributed by atoms with Crippen molar-refractivity contribution in [2.24, 2.45) is 0 Å². The summed E-state index contributed by atoms with van der Waals surface area (Å²) in [6, 6.07) is 3.73. The molecule has 1 N–H and O–H groups in total. The minimum absolute atomic E-state index is 0.0681. The first-order valence-corrected chi connectivity index (χ1v) is 6.76. The van der Waals surface area contributed by atoms with Crippen LogP contribution in [0.25, 0.3) is 0 Å². The lowest BCUT2D eigenvalue weighted by Gasteiger charge is -2.27. The molecule has 2 atom stereocenters. The topological polar surface area (TPSA) is 32.7 Å². The molecule has 0 aliphatic carbocycles. The molecule has 0 aliphatic heterocycles. The molecule has 0 amide bonds. The summed E-state index contributed by atoms with van der Waals surface area (Å²) < 4.78 is 31.5. The van der Waals surface area contributed by atoms with E-state index < -0.39 is 17.7 Å². The molecular weight excluding hydrogens is 264 g/mol. The third kappa shape index (κ3) is 5.15. The van der Waals surface area contributed by atoms with Gasteiger partial charge in [0.1, 0.15) is 0 Å². The molecule has 20 heavy (non-hydrogen) atoms. The summed E-state index contributed by atoms with van der Waals surface area (Å²) >= 11 is 0.